The van der Waals surface area contributed by atoms with E-state index in [0.29, 0.717) is 42.6 Å². The molecule has 0 bridgehead atoms. The van der Waals surface area contributed by atoms with E-state index >= 15 is 0 Å². The average Bonchev–Trinajstić information content (AvgIpc) is 3.31. The summed E-state index contributed by atoms with van der Waals surface area (Å²) >= 11 is 1.40. The van der Waals surface area contributed by atoms with E-state index < -0.39 is 5.97 Å². The number of carbonyl (C=O) groups is 3. The fourth-order valence-corrected chi connectivity index (χ4v) is 3.67. The van der Waals surface area contributed by atoms with Crippen LogP contribution in [0.25, 0.3) is 0 Å². The summed E-state index contributed by atoms with van der Waals surface area (Å²) in [5.41, 5.74) is 0.215. The lowest BCUT2D eigenvalue weighted by atomic mass is 10.2. The number of esters is 1. The minimum absolute atomic E-state index is 0.0230. The fourth-order valence-electron chi connectivity index (χ4n) is 2.98. The second-order valence-corrected chi connectivity index (χ2v) is 7.24. The van der Waals surface area contributed by atoms with Crippen molar-refractivity contribution >= 4 is 29.1 Å². The molecule has 0 unspecified atom stereocenters. The molecule has 0 saturated carbocycles. The summed E-state index contributed by atoms with van der Waals surface area (Å²) in [5.74, 6) is -0.115. The summed E-state index contributed by atoms with van der Waals surface area (Å²) in [6.07, 6.45) is 0. The van der Waals surface area contributed by atoms with Crippen LogP contribution in [0.3, 0.4) is 0 Å². The maximum absolute atomic E-state index is 12.4. The summed E-state index contributed by atoms with van der Waals surface area (Å²) in [5, 5.41) is 1.86. The van der Waals surface area contributed by atoms with Gasteiger partial charge in [-0.15, -0.1) is 11.3 Å². The summed E-state index contributed by atoms with van der Waals surface area (Å²) in [6, 6.07) is 8.34. The zero-order valence-electron chi connectivity index (χ0n) is 16.3. The average molecular weight is 418 g/mol. The van der Waals surface area contributed by atoms with Crippen LogP contribution in [-0.2, 0) is 9.53 Å². The third-order valence-corrected chi connectivity index (χ3v) is 5.46. The summed E-state index contributed by atoms with van der Waals surface area (Å²) in [7, 11) is 2.95. The van der Waals surface area contributed by atoms with Crippen LogP contribution >= 0.6 is 11.3 Å². The normalized spacial score (nSPS) is 13.7. The van der Waals surface area contributed by atoms with E-state index in [-0.39, 0.29) is 24.0 Å². The van der Waals surface area contributed by atoms with E-state index in [1.54, 1.807) is 28.0 Å². The Bertz CT molecular complexity index is 875. The smallest absolute Gasteiger partial charge is 0.342 e. The molecule has 29 heavy (non-hydrogen) atoms. The van der Waals surface area contributed by atoms with Crippen LogP contribution in [0, 0.1) is 0 Å². The molecule has 0 N–H and O–H groups in total. The first kappa shape index (κ1) is 20.7. The number of methoxy groups -OCH3 is 2. The Morgan fingerprint density at radius 2 is 1.72 bits per heavy atom. The van der Waals surface area contributed by atoms with Crippen LogP contribution in [0.1, 0.15) is 20.0 Å². The first-order valence-corrected chi connectivity index (χ1v) is 9.91. The number of piperazine rings is 1. The number of benzene rings is 1. The van der Waals surface area contributed by atoms with Gasteiger partial charge in [-0.1, -0.05) is 6.07 Å². The van der Waals surface area contributed by atoms with Crippen LogP contribution in [0.15, 0.2) is 35.7 Å². The molecule has 1 aliphatic rings. The molecule has 0 spiro atoms. The maximum Gasteiger partial charge on any atom is 0.342 e. The number of hydrogen-bond donors (Lipinski definition) is 0. The van der Waals surface area contributed by atoms with Crippen LogP contribution in [0.2, 0.25) is 0 Å². The Hall–Kier alpha value is -3.07. The van der Waals surface area contributed by atoms with E-state index in [9.17, 15) is 14.4 Å². The van der Waals surface area contributed by atoms with Gasteiger partial charge < -0.3 is 24.0 Å². The minimum atomic E-state index is -0.649. The predicted molar refractivity (Wildman–Crippen MR) is 107 cm³/mol. The molecule has 2 aromatic rings. The van der Waals surface area contributed by atoms with Crippen molar-refractivity contribution in [2.45, 2.75) is 0 Å². The van der Waals surface area contributed by atoms with E-state index in [0.717, 1.165) is 0 Å². The highest BCUT2D eigenvalue weighted by Gasteiger charge is 2.26. The lowest BCUT2D eigenvalue weighted by molar-refractivity contribution is -0.136. The van der Waals surface area contributed by atoms with E-state index in [2.05, 4.69) is 0 Å². The Balaban J connectivity index is 1.50. The summed E-state index contributed by atoms with van der Waals surface area (Å²) in [6.45, 7) is 1.33. The Morgan fingerprint density at radius 3 is 2.34 bits per heavy atom. The van der Waals surface area contributed by atoms with Gasteiger partial charge in [0.2, 0.25) is 0 Å². The molecule has 0 radical (unpaired) electrons. The van der Waals surface area contributed by atoms with Gasteiger partial charge in [-0.3, -0.25) is 9.59 Å². The first-order chi connectivity index (χ1) is 14.0. The third kappa shape index (κ3) is 4.86. The number of amides is 2. The largest absolute Gasteiger partial charge is 0.497 e. The molecule has 1 aliphatic heterocycles. The van der Waals surface area contributed by atoms with Gasteiger partial charge in [0.05, 0.1) is 19.1 Å². The van der Waals surface area contributed by atoms with E-state index in [1.807, 2.05) is 11.4 Å². The molecule has 1 aromatic carbocycles. The third-order valence-electron chi connectivity index (χ3n) is 4.61. The number of hydrogen-bond acceptors (Lipinski definition) is 7. The molecule has 0 aliphatic carbocycles. The van der Waals surface area contributed by atoms with Gasteiger partial charge in [0.25, 0.3) is 11.8 Å². The SMILES string of the molecule is COc1ccc(C(=O)OCC(=O)N2CCN(C(=O)c3cccs3)CC2)c(OC)c1. The Morgan fingerprint density at radius 1 is 1.00 bits per heavy atom. The van der Waals surface area contributed by atoms with Gasteiger partial charge in [0, 0.05) is 32.2 Å². The molecule has 1 aromatic heterocycles. The quantitative estimate of drug-likeness (QED) is 0.667. The number of rotatable bonds is 6. The maximum atomic E-state index is 12.4. The van der Waals surface area contributed by atoms with E-state index in [4.69, 9.17) is 14.2 Å². The summed E-state index contributed by atoms with van der Waals surface area (Å²) in [4.78, 5) is 41.1. The van der Waals surface area contributed by atoms with Crippen molar-refractivity contribution in [1.29, 1.82) is 0 Å². The van der Waals surface area contributed by atoms with Crippen molar-refractivity contribution in [3.63, 3.8) is 0 Å². The first-order valence-electron chi connectivity index (χ1n) is 9.03. The predicted octanol–water partition coefficient (Wildman–Crippen LogP) is 1.91. The molecule has 154 valence electrons. The molecule has 0 atom stereocenters. The highest BCUT2D eigenvalue weighted by Crippen LogP contribution is 2.25. The molecule has 2 amide bonds. The number of carbonyl (C=O) groups excluding carboxylic acids is 3. The van der Waals surface area contributed by atoms with Crippen molar-refractivity contribution < 1.29 is 28.6 Å². The number of nitrogens with zero attached hydrogens (tertiary/aromatic N) is 2. The van der Waals surface area contributed by atoms with Gasteiger partial charge in [-0.2, -0.15) is 0 Å². The molecular weight excluding hydrogens is 396 g/mol. The zero-order chi connectivity index (χ0) is 20.8. The van der Waals surface area contributed by atoms with Gasteiger partial charge in [0.15, 0.2) is 6.61 Å². The lowest BCUT2D eigenvalue weighted by Gasteiger charge is -2.34. The van der Waals surface area contributed by atoms with Crippen molar-refractivity contribution in [3.8, 4) is 11.5 Å². The van der Waals surface area contributed by atoms with Crippen LogP contribution < -0.4 is 9.47 Å². The fraction of sp³-hybridized carbons (Fsp3) is 0.350. The molecule has 2 heterocycles. The van der Waals surface area contributed by atoms with Gasteiger partial charge >= 0.3 is 5.97 Å². The molecule has 3 rings (SSSR count). The highest BCUT2D eigenvalue weighted by atomic mass is 32.1. The van der Waals surface area contributed by atoms with Crippen molar-refractivity contribution in [2.24, 2.45) is 0 Å². The summed E-state index contributed by atoms with van der Waals surface area (Å²) < 4.78 is 15.4. The Labute approximate surface area is 172 Å². The van der Waals surface area contributed by atoms with Crippen LogP contribution in [0.4, 0.5) is 0 Å². The van der Waals surface area contributed by atoms with Crippen molar-refractivity contribution in [3.05, 3.63) is 46.2 Å². The van der Waals surface area contributed by atoms with Crippen molar-refractivity contribution in [2.75, 3.05) is 47.0 Å². The van der Waals surface area contributed by atoms with Crippen LogP contribution in [0.5, 0.6) is 11.5 Å². The second-order valence-electron chi connectivity index (χ2n) is 6.29. The second kappa shape index (κ2) is 9.42. The van der Waals surface area contributed by atoms with Gasteiger partial charge in [0.1, 0.15) is 17.1 Å². The van der Waals surface area contributed by atoms with Gasteiger partial charge in [-0.05, 0) is 23.6 Å². The number of ether oxygens (including phenoxy) is 3. The molecular formula is C20H22N2O6S. The number of thiophene rings is 1. The minimum Gasteiger partial charge on any atom is -0.497 e. The molecule has 8 nitrogen and oxygen atoms in total. The highest BCUT2D eigenvalue weighted by molar-refractivity contribution is 7.12. The Kier molecular flexibility index (Phi) is 6.71. The van der Waals surface area contributed by atoms with Crippen LogP contribution in [-0.4, -0.2) is 74.6 Å². The van der Waals surface area contributed by atoms with E-state index in [1.165, 1.54) is 31.6 Å². The molecule has 9 heteroatoms. The molecule has 1 fully saturated rings. The monoisotopic (exact) mass is 418 g/mol. The standard InChI is InChI=1S/C20H22N2O6S/c1-26-14-5-6-15(16(12-14)27-2)20(25)28-13-18(23)21-7-9-22(10-8-21)19(24)17-4-3-11-29-17/h3-6,11-12H,7-10,13H2,1-2H3. The lowest BCUT2D eigenvalue weighted by Crippen LogP contribution is -2.51. The zero-order valence-corrected chi connectivity index (χ0v) is 17.1. The molecule has 1 saturated heterocycles. The van der Waals surface area contributed by atoms with Crippen molar-refractivity contribution in [1.82, 2.24) is 9.80 Å². The van der Waals surface area contributed by atoms with Gasteiger partial charge in [-0.25, -0.2) is 4.79 Å². The topological polar surface area (TPSA) is 85.4 Å².